The fourth-order valence-electron chi connectivity index (χ4n) is 1.71. The lowest BCUT2D eigenvalue weighted by molar-refractivity contribution is -0.142. The monoisotopic (exact) mass is 253 g/mol. The Kier molecular flexibility index (Phi) is 4.78. The zero-order valence-corrected chi connectivity index (χ0v) is 10.2. The Balaban J connectivity index is 3.13. The molecule has 0 bridgehead atoms. The molecule has 0 fully saturated rings. The number of carbonyl (C=O) groups excluding carboxylic acids is 1. The lowest BCUT2D eigenvalue weighted by Gasteiger charge is -2.12. The van der Waals surface area contributed by atoms with Gasteiger partial charge in [-0.3, -0.25) is 4.79 Å². The lowest BCUT2D eigenvalue weighted by Crippen LogP contribution is -2.10. The maximum Gasteiger partial charge on any atom is 0.310 e. The Bertz CT molecular complexity index is 492. The number of hydrogen-bond acceptors (Lipinski definition) is 3. The van der Waals surface area contributed by atoms with Crippen LogP contribution in [0.5, 0.6) is 0 Å². The van der Waals surface area contributed by atoms with E-state index in [1.807, 2.05) is 0 Å². The molecule has 0 spiro atoms. The molecule has 0 radical (unpaired) electrons. The van der Waals surface area contributed by atoms with Gasteiger partial charge < -0.3 is 4.74 Å². The van der Waals surface area contributed by atoms with Crippen molar-refractivity contribution < 1.29 is 18.3 Å². The molecule has 3 nitrogen and oxygen atoms in total. The summed E-state index contributed by atoms with van der Waals surface area (Å²) in [6.45, 7) is 3.40. The third-order valence-corrected chi connectivity index (χ3v) is 2.61. The number of rotatable bonds is 4. The summed E-state index contributed by atoms with van der Waals surface area (Å²) < 4.78 is 30.5. The number of halogens is 2. The predicted molar refractivity (Wildman–Crippen MR) is 61.2 cm³/mol. The first kappa shape index (κ1) is 14.1. The molecule has 0 aliphatic rings. The third kappa shape index (κ3) is 3.04. The van der Waals surface area contributed by atoms with E-state index < -0.39 is 12.4 Å². The molecule has 0 unspecified atom stereocenters. The Labute approximate surface area is 104 Å². The van der Waals surface area contributed by atoms with Crippen molar-refractivity contribution in [2.75, 3.05) is 6.61 Å². The van der Waals surface area contributed by atoms with Crippen molar-refractivity contribution in [1.29, 1.82) is 5.26 Å². The molecule has 0 amide bonds. The van der Waals surface area contributed by atoms with Crippen molar-refractivity contribution in [2.45, 2.75) is 26.7 Å². The van der Waals surface area contributed by atoms with Gasteiger partial charge in [-0.05, 0) is 31.0 Å². The van der Waals surface area contributed by atoms with E-state index in [0.29, 0.717) is 5.56 Å². The number of carbonyl (C=O) groups is 1. The maximum atomic E-state index is 12.9. The molecule has 1 aromatic carbocycles. The van der Waals surface area contributed by atoms with Gasteiger partial charge in [0.05, 0.1) is 24.7 Å². The number of hydrogen-bond donors (Lipinski definition) is 0. The van der Waals surface area contributed by atoms with Crippen LogP contribution in [0.1, 0.15) is 35.6 Å². The quantitative estimate of drug-likeness (QED) is 0.775. The van der Waals surface area contributed by atoms with E-state index in [-0.39, 0.29) is 29.7 Å². The summed E-state index contributed by atoms with van der Waals surface area (Å²) in [5.74, 6) is -0.467. The molecule has 5 heteroatoms. The molecule has 0 N–H and O–H groups in total. The second-order valence-electron chi connectivity index (χ2n) is 3.71. The van der Waals surface area contributed by atoms with E-state index in [4.69, 9.17) is 10.00 Å². The molecule has 0 saturated heterocycles. The smallest absolute Gasteiger partial charge is 0.310 e. The van der Waals surface area contributed by atoms with Crippen LogP contribution in [-0.4, -0.2) is 12.6 Å². The van der Waals surface area contributed by atoms with E-state index in [2.05, 4.69) is 0 Å². The minimum absolute atomic E-state index is 0.0601. The van der Waals surface area contributed by atoms with Gasteiger partial charge in [-0.2, -0.15) is 5.26 Å². The van der Waals surface area contributed by atoms with Crippen LogP contribution in [0, 0.1) is 18.3 Å². The van der Waals surface area contributed by atoms with Crippen molar-refractivity contribution in [3.8, 4) is 6.07 Å². The maximum absolute atomic E-state index is 12.9. The molecular formula is C13H13F2NO2. The molecule has 0 atom stereocenters. The molecule has 96 valence electrons. The fourth-order valence-corrected chi connectivity index (χ4v) is 1.71. The highest BCUT2D eigenvalue weighted by atomic mass is 19.3. The van der Waals surface area contributed by atoms with Crippen molar-refractivity contribution in [3.05, 3.63) is 34.4 Å². The van der Waals surface area contributed by atoms with Gasteiger partial charge in [-0.25, -0.2) is 8.78 Å². The van der Waals surface area contributed by atoms with E-state index >= 15 is 0 Å². The summed E-state index contributed by atoms with van der Waals surface area (Å²) in [6.07, 6.45) is -2.80. The highest BCUT2D eigenvalue weighted by molar-refractivity contribution is 5.73. The molecule has 1 rings (SSSR count). The Hall–Kier alpha value is -1.96. The van der Waals surface area contributed by atoms with Crippen molar-refractivity contribution in [1.82, 2.24) is 0 Å². The molecule has 0 aliphatic carbocycles. The summed E-state index contributed by atoms with van der Waals surface area (Å²) in [5, 5.41) is 8.77. The van der Waals surface area contributed by atoms with Gasteiger partial charge >= 0.3 is 5.97 Å². The summed E-state index contributed by atoms with van der Waals surface area (Å²) in [5.41, 5.74) is 0.370. The van der Waals surface area contributed by atoms with Gasteiger partial charge in [-0.15, -0.1) is 0 Å². The average Bonchev–Trinajstić information content (AvgIpc) is 2.31. The van der Waals surface area contributed by atoms with Crippen LogP contribution in [0.25, 0.3) is 0 Å². The molecule has 1 aromatic rings. The van der Waals surface area contributed by atoms with E-state index in [0.717, 1.165) is 0 Å². The second-order valence-corrected chi connectivity index (χ2v) is 3.71. The SMILES string of the molecule is CCOC(=O)Cc1ccc(C#N)c(C(F)F)c1C. The van der Waals surface area contributed by atoms with Crippen molar-refractivity contribution >= 4 is 5.97 Å². The zero-order valence-electron chi connectivity index (χ0n) is 10.2. The first-order valence-corrected chi connectivity index (χ1v) is 5.47. The van der Waals surface area contributed by atoms with E-state index in [1.165, 1.54) is 19.1 Å². The molecule has 0 heterocycles. The number of nitrogens with zero attached hydrogens (tertiary/aromatic N) is 1. The van der Waals surface area contributed by atoms with Crippen LogP contribution >= 0.6 is 0 Å². The second kappa shape index (κ2) is 6.10. The van der Waals surface area contributed by atoms with Crippen molar-refractivity contribution in [2.24, 2.45) is 0 Å². The van der Waals surface area contributed by atoms with Gasteiger partial charge in [0.15, 0.2) is 0 Å². The van der Waals surface area contributed by atoms with Crippen LogP contribution in [-0.2, 0) is 16.0 Å². The molecule has 0 aromatic heterocycles. The van der Waals surface area contributed by atoms with Crippen LogP contribution in [0.4, 0.5) is 8.78 Å². The van der Waals surface area contributed by atoms with Gasteiger partial charge in [-0.1, -0.05) is 6.07 Å². The number of esters is 1. The van der Waals surface area contributed by atoms with Crippen LogP contribution in [0.15, 0.2) is 12.1 Å². The third-order valence-electron chi connectivity index (χ3n) is 2.61. The number of nitriles is 1. The van der Waals surface area contributed by atoms with Gasteiger partial charge in [0, 0.05) is 5.56 Å². The van der Waals surface area contributed by atoms with E-state index in [1.54, 1.807) is 13.0 Å². The number of alkyl halides is 2. The van der Waals surface area contributed by atoms with Crippen LogP contribution in [0.3, 0.4) is 0 Å². The fraction of sp³-hybridized carbons (Fsp3) is 0.385. The first-order valence-electron chi connectivity index (χ1n) is 5.47. The normalized spacial score (nSPS) is 10.2. The number of benzene rings is 1. The topological polar surface area (TPSA) is 50.1 Å². The number of ether oxygens (including phenoxy) is 1. The Morgan fingerprint density at radius 3 is 2.67 bits per heavy atom. The van der Waals surface area contributed by atoms with Gasteiger partial charge in [0.2, 0.25) is 0 Å². The lowest BCUT2D eigenvalue weighted by atomic mass is 9.96. The largest absolute Gasteiger partial charge is 0.466 e. The first-order chi connectivity index (χ1) is 8.51. The summed E-state index contributed by atoms with van der Waals surface area (Å²) >= 11 is 0. The van der Waals surface area contributed by atoms with Crippen molar-refractivity contribution in [3.63, 3.8) is 0 Å². The summed E-state index contributed by atoms with van der Waals surface area (Å²) in [4.78, 5) is 11.3. The minimum atomic E-state index is -2.73. The Morgan fingerprint density at radius 1 is 1.50 bits per heavy atom. The molecule has 18 heavy (non-hydrogen) atoms. The zero-order chi connectivity index (χ0) is 13.7. The van der Waals surface area contributed by atoms with Gasteiger partial charge in [0.1, 0.15) is 0 Å². The average molecular weight is 253 g/mol. The molecule has 0 saturated carbocycles. The highest BCUT2D eigenvalue weighted by Crippen LogP contribution is 2.28. The van der Waals surface area contributed by atoms with Crippen LogP contribution < -0.4 is 0 Å². The van der Waals surface area contributed by atoms with E-state index in [9.17, 15) is 13.6 Å². The van der Waals surface area contributed by atoms with Crippen LogP contribution in [0.2, 0.25) is 0 Å². The summed E-state index contributed by atoms with van der Waals surface area (Å²) in [6, 6.07) is 4.55. The predicted octanol–water partition coefficient (Wildman–Crippen LogP) is 2.91. The molecular weight excluding hydrogens is 240 g/mol. The highest BCUT2D eigenvalue weighted by Gasteiger charge is 2.19. The summed E-state index contributed by atoms with van der Waals surface area (Å²) in [7, 11) is 0. The Morgan fingerprint density at radius 2 is 2.17 bits per heavy atom. The van der Waals surface area contributed by atoms with Gasteiger partial charge in [0.25, 0.3) is 6.43 Å². The molecule has 0 aliphatic heterocycles. The minimum Gasteiger partial charge on any atom is -0.466 e. The standard InChI is InChI=1S/C13H13F2NO2/c1-3-18-11(17)6-9-4-5-10(7-16)12(8(9)2)13(14)15/h4-5,13H,3,6H2,1-2H3.